The molecule has 112 valence electrons. The van der Waals surface area contributed by atoms with Gasteiger partial charge in [0.2, 0.25) is 5.91 Å². The number of hydrogen-bond acceptors (Lipinski definition) is 4. The van der Waals surface area contributed by atoms with E-state index in [1.807, 2.05) is 25.5 Å². The first kappa shape index (κ1) is 15.7. The summed E-state index contributed by atoms with van der Waals surface area (Å²) >= 11 is 1.59. The number of aryl methyl sites for hydroxylation is 1. The van der Waals surface area contributed by atoms with Crippen LogP contribution in [-0.4, -0.2) is 43.0 Å². The van der Waals surface area contributed by atoms with Gasteiger partial charge in [0.15, 0.2) is 0 Å². The van der Waals surface area contributed by atoms with Crippen LogP contribution >= 0.6 is 11.3 Å². The molecule has 1 aromatic heterocycles. The van der Waals surface area contributed by atoms with Crippen molar-refractivity contribution in [1.29, 1.82) is 0 Å². The minimum atomic E-state index is 0.103. The van der Waals surface area contributed by atoms with Gasteiger partial charge < -0.3 is 10.2 Å². The van der Waals surface area contributed by atoms with Gasteiger partial charge >= 0.3 is 0 Å². The molecule has 1 N–H and O–H groups in total. The van der Waals surface area contributed by atoms with E-state index < -0.39 is 0 Å². The quantitative estimate of drug-likeness (QED) is 0.891. The summed E-state index contributed by atoms with van der Waals surface area (Å²) < 4.78 is 0. The van der Waals surface area contributed by atoms with Crippen molar-refractivity contribution in [3.05, 3.63) is 40.9 Å². The molecule has 0 fully saturated rings. The van der Waals surface area contributed by atoms with Crippen LogP contribution < -0.4 is 5.32 Å². The SMILES string of the molecule is CNCCN(C)C(=O)Cc1csc(-c2cccc(C)c2)n1. The Balaban J connectivity index is 2.02. The standard InChI is InChI=1S/C16H21N3OS/c1-12-5-4-6-13(9-12)16-18-14(11-21-16)10-15(20)19(3)8-7-17-2/h4-6,9,11,17H,7-8,10H2,1-3H3. The van der Waals surface area contributed by atoms with Gasteiger partial charge in [-0.25, -0.2) is 4.98 Å². The number of carbonyl (C=O) groups excluding carboxylic acids is 1. The van der Waals surface area contributed by atoms with Crippen molar-refractivity contribution in [2.75, 3.05) is 27.2 Å². The van der Waals surface area contributed by atoms with Gasteiger partial charge in [0.1, 0.15) is 5.01 Å². The third-order valence-electron chi connectivity index (χ3n) is 3.27. The molecule has 1 amide bonds. The Kier molecular flexibility index (Phi) is 5.47. The van der Waals surface area contributed by atoms with Gasteiger partial charge in [-0.3, -0.25) is 4.79 Å². The van der Waals surface area contributed by atoms with E-state index in [2.05, 4.69) is 35.4 Å². The summed E-state index contributed by atoms with van der Waals surface area (Å²) in [7, 11) is 3.71. The molecule has 4 nitrogen and oxygen atoms in total. The van der Waals surface area contributed by atoms with Gasteiger partial charge in [0, 0.05) is 31.1 Å². The van der Waals surface area contributed by atoms with Crippen LogP contribution in [0.15, 0.2) is 29.6 Å². The molecule has 1 heterocycles. The Hall–Kier alpha value is -1.72. The number of rotatable bonds is 6. The van der Waals surface area contributed by atoms with E-state index in [0.717, 1.165) is 22.8 Å². The van der Waals surface area contributed by atoms with Gasteiger partial charge in [-0.15, -0.1) is 11.3 Å². The maximum absolute atomic E-state index is 12.1. The predicted octanol–water partition coefficient (Wildman–Crippen LogP) is 2.34. The van der Waals surface area contributed by atoms with Crippen molar-refractivity contribution >= 4 is 17.2 Å². The molecule has 0 aliphatic rings. The van der Waals surface area contributed by atoms with Gasteiger partial charge in [0.05, 0.1) is 12.1 Å². The number of likely N-dealkylation sites (N-methyl/N-ethyl adjacent to an activating group) is 2. The highest BCUT2D eigenvalue weighted by atomic mass is 32.1. The number of amides is 1. The van der Waals surface area contributed by atoms with Crippen LogP contribution in [-0.2, 0) is 11.2 Å². The van der Waals surface area contributed by atoms with Crippen LogP contribution in [0.2, 0.25) is 0 Å². The second kappa shape index (κ2) is 7.33. The van der Waals surface area contributed by atoms with Crippen LogP contribution in [0.3, 0.4) is 0 Å². The lowest BCUT2D eigenvalue weighted by Crippen LogP contribution is -2.33. The third-order valence-corrected chi connectivity index (χ3v) is 4.21. The number of aromatic nitrogens is 1. The summed E-state index contributed by atoms with van der Waals surface area (Å²) in [6, 6.07) is 8.26. The fourth-order valence-corrected chi connectivity index (χ4v) is 2.81. The third kappa shape index (κ3) is 4.37. The van der Waals surface area contributed by atoms with Crippen LogP contribution in [0.1, 0.15) is 11.3 Å². The van der Waals surface area contributed by atoms with E-state index in [1.54, 1.807) is 16.2 Å². The fourth-order valence-electron chi connectivity index (χ4n) is 1.99. The molecular formula is C16H21N3OS. The highest BCUT2D eigenvalue weighted by molar-refractivity contribution is 7.13. The van der Waals surface area contributed by atoms with Crippen molar-refractivity contribution in [3.8, 4) is 10.6 Å². The number of hydrogen-bond donors (Lipinski definition) is 1. The molecule has 0 aliphatic carbocycles. The Morgan fingerprint density at radius 3 is 2.95 bits per heavy atom. The summed E-state index contributed by atoms with van der Waals surface area (Å²) in [5.41, 5.74) is 3.17. The Morgan fingerprint density at radius 1 is 1.43 bits per heavy atom. The normalized spacial score (nSPS) is 10.6. The number of nitrogens with one attached hydrogen (secondary N) is 1. The lowest BCUT2D eigenvalue weighted by Gasteiger charge is -2.16. The fraction of sp³-hybridized carbons (Fsp3) is 0.375. The first-order chi connectivity index (χ1) is 10.1. The van der Waals surface area contributed by atoms with Crippen LogP contribution in [0, 0.1) is 6.92 Å². The lowest BCUT2D eigenvalue weighted by molar-refractivity contribution is -0.129. The molecular weight excluding hydrogens is 282 g/mol. The van der Waals surface area contributed by atoms with E-state index in [1.165, 1.54) is 5.56 Å². The molecule has 21 heavy (non-hydrogen) atoms. The van der Waals surface area contributed by atoms with Crippen molar-refractivity contribution in [3.63, 3.8) is 0 Å². The monoisotopic (exact) mass is 303 g/mol. The first-order valence-electron chi connectivity index (χ1n) is 7.00. The molecule has 0 aliphatic heterocycles. The zero-order chi connectivity index (χ0) is 15.2. The number of nitrogens with zero attached hydrogens (tertiary/aromatic N) is 2. The minimum Gasteiger partial charge on any atom is -0.344 e. The average Bonchev–Trinajstić information content (AvgIpc) is 2.93. The molecule has 5 heteroatoms. The summed E-state index contributed by atoms with van der Waals surface area (Å²) in [5.74, 6) is 0.103. The largest absolute Gasteiger partial charge is 0.344 e. The number of benzene rings is 1. The Morgan fingerprint density at radius 2 is 2.24 bits per heavy atom. The van der Waals surface area contributed by atoms with Crippen molar-refractivity contribution in [2.24, 2.45) is 0 Å². The van der Waals surface area contributed by atoms with Crippen LogP contribution in [0.25, 0.3) is 10.6 Å². The average molecular weight is 303 g/mol. The second-order valence-electron chi connectivity index (χ2n) is 5.11. The molecule has 0 radical (unpaired) electrons. The molecule has 2 rings (SSSR count). The second-order valence-corrected chi connectivity index (χ2v) is 5.97. The highest BCUT2D eigenvalue weighted by Crippen LogP contribution is 2.24. The summed E-state index contributed by atoms with van der Waals surface area (Å²) in [6.07, 6.45) is 0.364. The Labute approximate surface area is 129 Å². The zero-order valence-electron chi connectivity index (χ0n) is 12.7. The van der Waals surface area contributed by atoms with Crippen molar-refractivity contribution in [1.82, 2.24) is 15.2 Å². The molecule has 0 atom stereocenters. The minimum absolute atomic E-state index is 0.103. The van der Waals surface area contributed by atoms with Gasteiger partial charge in [-0.05, 0) is 20.0 Å². The van der Waals surface area contributed by atoms with E-state index >= 15 is 0 Å². The van der Waals surface area contributed by atoms with Crippen molar-refractivity contribution < 1.29 is 4.79 Å². The topological polar surface area (TPSA) is 45.2 Å². The molecule has 0 unspecified atom stereocenters. The van der Waals surface area contributed by atoms with Crippen LogP contribution in [0.4, 0.5) is 0 Å². The van der Waals surface area contributed by atoms with Gasteiger partial charge in [-0.1, -0.05) is 23.8 Å². The molecule has 0 saturated heterocycles. The first-order valence-corrected chi connectivity index (χ1v) is 7.88. The van der Waals surface area contributed by atoms with Gasteiger partial charge in [0.25, 0.3) is 0 Å². The summed E-state index contributed by atoms with van der Waals surface area (Å²) in [4.78, 5) is 18.4. The summed E-state index contributed by atoms with van der Waals surface area (Å²) in [6.45, 7) is 3.58. The number of carbonyl (C=O) groups is 1. The van der Waals surface area contributed by atoms with E-state index in [9.17, 15) is 4.79 Å². The zero-order valence-corrected chi connectivity index (χ0v) is 13.5. The maximum Gasteiger partial charge on any atom is 0.228 e. The molecule has 0 bridgehead atoms. The molecule has 0 saturated carbocycles. The van der Waals surface area contributed by atoms with E-state index in [-0.39, 0.29) is 5.91 Å². The predicted molar refractivity (Wildman–Crippen MR) is 87.6 cm³/mol. The van der Waals surface area contributed by atoms with Gasteiger partial charge in [-0.2, -0.15) is 0 Å². The van der Waals surface area contributed by atoms with E-state index in [4.69, 9.17) is 0 Å². The molecule has 1 aromatic carbocycles. The van der Waals surface area contributed by atoms with Crippen LogP contribution in [0.5, 0.6) is 0 Å². The van der Waals surface area contributed by atoms with E-state index in [0.29, 0.717) is 13.0 Å². The molecule has 2 aromatic rings. The Bertz CT molecular complexity index is 609. The maximum atomic E-state index is 12.1. The smallest absolute Gasteiger partial charge is 0.228 e. The lowest BCUT2D eigenvalue weighted by atomic mass is 10.1. The molecule has 0 spiro atoms. The summed E-state index contributed by atoms with van der Waals surface area (Å²) in [5, 5.41) is 5.99. The highest BCUT2D eigenvalue weighted by Gasteiger charge is 2.12. The number of thiazole rings is 1. The van der Waals surface area contributed by atoms with Crippen molar-refractivity contribution in [2.45, 2.75) is 13.3 Å².